The van der Waals surface area contributed by atoms with Crippen LogP contribution in [0.5, 0.6) is 5.75 Å². The van der Waals surface area contributed by atoms with Gasteiger partial charge in [-0.3, -0.25) is 0 Å². The minimum atomic E-state index is 0.332. The summed E-state index contributed by atoms with van der Waals surface area (Å²) in [5.74, 6) is 0.968. The van der Waals surface area contributed by atoms with Crippen LogP contribution < -0.4 is 10.1 Å². The summed E-state index contributed by atoms with van der Waals surface area (Å²) in [5, 5.41) is 3.43. The number of nitrogens with one attached hydrogen (secondary N) is 1. The van der Waals surface area contributed by atoms with Crippen LogP contribution >= 0.6 is 11.3 Å². The lowest BCUT2D eigenvalue weighted by atomic mass is 10.0. The number of hydrogen-bond acceptors (Lipinski definition) is 3. The topological polar surface area (TPSA) is 21.3 Å². The Balaban J connectivity index is 2.09. The van der Waals surface area contributed by atoms with E-state index in [4.69, 9.17) is 4.74 Å². The third-order valence-electron chi connectivity index (χ3n) is 3.55. The quantitative estimate of drug-likeness (QED) is 0.769. The maximum absolute atomic E-state index is 5.74. The summed E-state index contributed by atoms with van der Waals surface area (Å²) in [6.45, 7) is 5.11. The molecule has 1 aromatic carbocycles. The molecule has 0 aliphatic carbocycles. The van der Waals surface area contributed by atoms with Gasteiger partial charge in [-0.05, 0) is 49.7 Å². The van der Waals surface area contributed by atoms with E-state index in [9.17, 15) is 0 Å². The van der Waals surface area contributed by atoms with Crippen LogP contribution in [0.25, 0.3) is 0 Å². The first-order chi connectivity index (χ1) is 10.3. The van der Waals surface area contributed by atoms with Crippen molar-refractivity contribution in [1.82, 2.24) is 5.32 Å². The lowest BCUT2D eigenvalue weighted by Gasteiger charge is -2.17. The fourth-order valence-corrected chi connectivity index (χ4v) is 3.35. The Morgan fingerprint density at radius 1 is 1.14 bits per heavy atom. The molecule has 0 spiro atoms. The van der Waals surface area contributed by atoms with Crippen molar-refractivity contribution in [2.24, 2.45) is 0 Å². The Kier molecular flexibility index (Phi) is 6.27. The van der Waals surface area contributed by atoms with Crippen molar-refractivity contribution in [2.75, 3.05) is 13.7 Å². The monoisotopic (exact) mass is 303 g/mol. The van der Waals surface area contributed by atoms with Crippen molar-refractivity contribution in [3.63, 3.8) is 0 Å². The van der Waals surface area contributed by atoms with Crippen LogP contribution in [-0.2, 0) is 12.8 Å². The van der Waals surface area contributed by atoms with E-state index in [1.807, 2.05) is 24.5 Å². The molecule has 2 aromatic rings. The average Bonchev–Trinajstić information content (AvgIpc) is 2.98. The minimum absolute atomic E-state index is 0.332. The molecule has 1 aromatic heterocycles. The predicted octanol–water partition coefficient (Wildman–Crippen LogP) is 4.60. The van der Waals surface area contributed by atoms with Crippen LogP contribution in [0.3, 0.4) is 0 Å². The van der Waals surface area contributed by atoms with Crippen LogP contribution in [0.4, 0.5) is 0 Å². The lowest BCUT2D eigenvalue weighted by Crippen LogP contribution is -2.18. The summed E-state index contributed by atoms with van der Waals surface area (Å²) in [6.07, 6.45) is 3.18. The molecule has 0 aliphatic rings. The smallest absolute Gasteiger partial charge is 0.119 e. The van der Waals surface area contributed by atoms with Gasteiger partial charge in [-0.25, -0.2) is 0 Å². The highest BCUT2D eigenvalue weighted by molar-refractivity contribution is 7.11. The van der Waals surface area contributed by atoms with Crippen molar-refractivity contribution >= 4 is 11.3 Å². The van der Waals surface area contributed by atoms with E-state index in [-0.39, 0.29) is 0 Å². The second-order valence-corrected chi connectivity index (χ2v) is 6.44. The van der Waals surface area contributed by atoms with Crippen LogP contribution in [0.1, 0.15) is 41.6 Å². The van der Waals surface area contributed by atoms with Crippen molar-refractivity contribution < 1.29 is 4.74 Å². The van der Waals surface area contributed by atoms with E-state index < -0.39 is 0 Å². The number of benzene rings is 1. The summed E-state index contributed by atoms with van der Waals surface area (Å²) in [4.78, 5) is 2.89. The molecule has 114 valence electrons. The molecule has 3 heteroatoms. The number of ether oxygens (including phenoxy) is 1. The fraction of sp³-hybridized carbons (Fsp3) is 0.444. The molecule has 1 atom stereocenters. The zero-order valence-corrected chi connectivity index (χ0v) is 14.0. The number of aryl methyl sites for hydroxylation is 1. The zero-order chi connectivity index (χ0) is 15.1. The van der Waals surface area contributed by atoms with E-state index in [1.54, 1.807) is 0 Å². The molecule has 0 radical (unpaired) electrons. The van der Waals surface area contributed by atoms with Crippen molar-refractivity contribution in [2.45, 2.75) is 39.2 Å². The molecular formula is C18H25NOS. The zero-order valence-electron chi connectivity index (χ0n) is 13.2. The van der Waals surface area contributed by atoms with Crippen molar-refractivity contribution in [3.8, 4) is 5.75 Å². The maximum atomic E-state index is 5.74. The molecule has 1 heterocycles. The molecule has 2 nitrogen and oxygen atoms in total. The molecule has 0 amide bonds. The molecular weight excluding hydrogens is 278 g/mol. The van der Waals surface area contributed by atoms with E-state index in [0.29, 0.717) is 6.04 Å². The van der Waals surface area contributed by atoms with Gasteiger partial charge in [-0.15, -0.1) is 11.3 Å². The van der Waals surface area contributed by atoms with Crippen molar-refractivity contribution in [1.29, 1.82) is 0 Å². The van der Waals surface area contributed by atoms with E-state index in [1.165, 1.54) is 15.3 Å². The van der Waals surface area contributed by atoms with Gasteiger partial charge in [0.2, 0.25) is 0 Å². The van der Waals surface area contributed by atoms with Gasteiger partial charge in [0.25, 0.3) is 0 Å². The number of hydrogen-bond donors (Lipinski definition) is 1. The van der Waals surface area contributed by atoms with Gasteiger partial charge in [0.05, 0.1) is 6.61 Å². The van der Waals surface area contributed by atoms with Gasteiger partial charge in [0, 0.05) is 22.2 Å². The molecule has 1 N–H and O–H groups in total. The highest BCUT2D eigenvalue weighted by atomic mass is 32.1. The molecule has 0 saturated carbocycles. The Morgan fingerprint density at radius 2 is 1.95 bits per heavy atom. The van der Waals surface area contributed by atoms with Gasteiger partial charge in [-0.2, -0.15) is 0 Å². The number of likely N-dealkylation sites (N-methyl/N-ethyl adjacent to an activating group) is 1. The van der Waals surface area contributed by atoms with Crippen LogP contribution in [0.15, 0.2) is 36.4 Å². The molecule has 21 heavy (non-hydrogen) atoms. The van der Waals surface area contributed by atoms with Crippen LogP contribution in [0.2, 0.25) is 0 Å². The Morgan fingerprint density at radius 3 is 2.62 bits per heavy atom. The van der Waals surface area contributed by atoms with E-state index in [0.717, 1.165) is 31.6 Å². The van der Waals surface area contributed by atoms with E-state index in [2.05, 4.69) is 49.5 Å². The molecule has 0 fully saturated rings. The molecule has 0 saturated heterocycles. The number of thiophene rings is 1. The molecule has 2 rings (SSSR count). The molecule has 0 bridgehead atoms. The summed E-state index contributed by atoms with van der Waals surface area (Å²) < 4.78 is 5.74. The van der Waals surface area contributed by atoms with Crippen LogP contribution in [-0.4, -0.2) is 13.7 Å². The average molecular weight is 303 g/mol. The summed E-state index contributed by atoms with van der Waals surface area (Å²) in [5.41, 5.74) is 1.29. The van der Waals surface area contributed by atoms with Gasteiger partial charge in [0.1, 0.15) is 5.75 Å². The van der Waals surface area contributed by atoms with Gasteiger partial charge < -0.3 is 10.1 Å². The second-order valence-electron chi connectivity index (χ2n) is 5.19. The second kappa shape index (κ2) is 8.20. The first kappa shape index (κ1) is 16.1. The van der Waals surface area contributed by atoms with Gasteiger partial charge >= 0.3 is 0 Å². The minimum Gasteiger partial charge on any atom is -0.494 e. The lowest BCUT2D eigenvalue weighted by molar-refractivity contribution is 0.317. The Hall–Kier alpha value is -1.32. The largest absolute Gasteiger partial charge is 0.494 e. The number of rotatable bonds is 8. The third kappa shape index (κ3) is 4.58. The van der Waals surface area contributed by atoms with Crippen molar-refractivity contribution in [3.05, 3.63) is 51.7 Å². The standard InChI is InChI=1S/C18H25NOS/c1-4-11-20-15-8-6-7-14(12-15)18(19-3)13-17-10-9-16(5-2)21-17/h6-10,12,18-19H,4-5,11,13H2,1-3H3. The van der Waals surface area contributed by atoms with Gasteiger partial charge in [0.15, 0.2) is 0 Å². The summed E-state index contributed by atoms with van der Waals surface area (Å²) in [7, 11) is 2.03. The normalized spacial score (nSPS) is 12.3. The first-order valence-corrected chi connectivity index (χ1v) is 8.56. The first-order valence-electron chi connectivity index (χ1n) is 7.74. The fourth-order valence-electron chi connectivity index (χ4n) is 2.35. The summed E-state index contributed by atoms with van der Waals surface area (Å²) in [6, 6.07) is 13.3. The Bertz CT molecular complexity index is 550. The summed E-state index contributed by atoms with van der Waals surface area (Å²) >= 11 is 1.92. The highest BCUT2D eigenvalue weighted by Gasteiger charge is 2.12. The third-order valence-corrected chi connectivity index (χ3v) is 4.80. The SMILES string of the molecule is CCCOc1cccc(C(Cc2ccc(CC)s2)NC)c1. The van der Waals surface area contributed by atoms with Gasteiger partial charge in [-0.1, -0.05) is 26.0 Å². The Labute approximate surface area is 132 Å². The van der Waals surface area contributed by atoms with E-state index >= 15 is 0 Å². The van der Waals surface area contributed by atoms with Crippen LogP contribution in [0, 0.1) is 0 Å². The highest BCUT2D eigenvalue weighted by Crippen LogP contribution is 2.26. The predicted molar refractivity (Wildman–Crippen MR) is 91.4 cm³/mol. The maximum Gasteiger partial charge on any atom is 0.119 e. The molecule has 0 aliphatic heterocycles. The molecule has 1 unspecified atom stereocenters.